The van der Waals surface area contributed by atoms with E-state index in [1.165, 1.54) is 0 Å². The number of carbonyl (C=O) groups is 1. The van der Waals surface area contributed by atoms with Crippen LogP contribution in [0.4, 0.5) is 0 Å². The standard InChI is InChI=1S/C20H15AsNO4S/c23-19-17-13-7-8-14-18(17)20(27)22(19)21(24,25-15-9-3-1-4-10-15)26-16-11-5-2-6-12-16/h1-14,24H. The van der Waals surface area contributed by atoms with Crippen molar-refractivity contribution in [1.82, 2.24) is 3.82 Å². The Morgan fingerprint density at radius 3 is 1.67 bits per heavy atom. The van der Waals surface area contributed by atoms with Crippen LogP contribution in [0.1, 0.15) is 15.9 Å². The van der Waals surface area contributed by atoms with Gasteiger partial charge >= 0.3 is 166 Å². The van der Waals surface area contributed by atoms with E-state index in [0.717, 1.165) is 3.82 Å². The summed E-state index contributed by atoms with van der Waals surface area (Å²) in [7, 11) is 0. The van der Waals surface area contributed by atoms with Gasteiger partial charge < -0.3 is 0 Å². The molecule has 27 heavy (non-hydrogen) atoms. The van der Waals surface area contributed by atoms with Gasteiger partial charge in [-0.05, 0) is 0 Å². The first kappa shape index (κ1) is 17.7. The first-order chi connectivity index (χ1) is 13.1. The summed E-state index contributed by atoms with van der Waals surface area (Å²) in [6, 6.07) is 24.5. The Balaban J connectivity index is 1.76. The average molecular weight is 440 g/mol. The summed E-state index contributed by atoms with van der Waals surface area (Å²) in [6.45, 7) is 0. The van der Waals surface area contributed by atoms with Crippen LogP contribution in [-0.4, -0.2) is 33.6 Å². The number of carbonyl (C=O) groups excluding carboxylic acids is 1. The zero-order valence-corrected chi connectivity index (χ0v) is 16.8. The molecule has 3 aromatic rings. The van der Waals surface area contributed by atoms with E-state index < -0.39 is 20.7 Å². The number of benzene rings is 3. The summed E-state index contributed by atoms with van der Waals surface area (Å²) in [6.07, 6.45) is 0. The number of nitrogens with zero attached hydrogens (tertiary/aromatic N) is 1. The van der Waals surface area contributed by atoms with Crippen LogP contribution >= 0.6 is 12.2 Å². The molecule has 3 aromatic carbocycles. The van der Waals surface area contributed by atoms with E-state index in [4.69, 9.17) is 19.7 Å². The second kappa shape index (κ2) is 7.16. The monoisotopic (exact) mass is 440 g/mol. The van der Waals surface area contributed by atoms with E-state index in [0.29, 0.717) is 22.6 Å². The van der Waals surface area contributed by atoms with E-state index in [2.05, 4.69) is 0 Å². The summed E-state index contributed by atoms with van der Waals surface area (Å²) in [5, 5.41) is 0. The molecule has 1 amide bonds. The summed E-state index contributed by atoms with van der Waals surface area (Å²) in [5.41, 5.74) is 1.02. The van der Waals surface area contributed by atoms with Gasteiger partial charge in [-0.25, -0.2) is 0 Å². The second-order valence-electron chi connectivity index (χ2n) is 5.77. The van der Waals surface area contributed by atoms with Crippen LogP contribution in [-0.2, 0) is 0 Å². The Morgan fingerprint density at radius 2 is 1.19 bits per heavy atom. The number of fused-ring (bicyclic) bond motifs is 1. The van der Waals surface area contributed by atoms with Crippen LogP contribution in [0.3, 0.4) is 0 Å². The number of rotatable bonds is 5. The Kier molecular flexibility index (Phi) is 4.70. The molecule has 5 nitrogen and oxygen atoms in total. The minimum atomic E-state index is -4.71. The zero-order valence-electron chi connectivity index (χ0n) is 14.1. The van der Waals surface area contributed by atoms with Gasteiger partial charge in [0.05, 0.1) is 0 Å². The molecular weight excluding hydrogens is 425 g/mol. The Hall–Kier alpha value is -2.66. The van der Waals surface area contributed by atoms with Gasteiger partial charge in [-0.2, -0.15) is 0 Å². The fourth-order valence-corrected chi connectivity index (χ4v) is 7.04. The van der Waals surface area contributed by atoms with Crippen LogP contribution in [0, 0.1) is 0 Å². The molecule has 1 aliphatic heterocycles. The molecule has 4 rings (SSSR count). The van der Waals surface area contributed by atoms with Crippen molar-refractivity contribution in [1.29, 1.82) is 0 Å². The normalized spacial score (nSPS) is 13.4. The Bertz CT molecular complexity index is 921. The number of para-hydroxylation sites is 2. The molecule has 0 atom stereocenters. The van der Waals surface area contributed by atoms with E-state index in [1.54, 1.807) is 72.8 Å². The molecule has 135 valence electrons. The Morgan fingerprint density at radius 1 is 0.741 bits per heavy atom. The summed E-state index contributed by atoms with van der Waals surface area (Å²) in [5.74, 6) is 0.377. The fourth-order valence-electron chi connectivity index (χ4n) is 2.74. The van der Waals surface area contributed by atoms with Gasteiger partial charge in [0.15, 0.2) is 0 Å². The van der Waals surface area contributed by atoms with Crippen LogP contribution in [0.15, 0.2) is 84.9 Å². The molecule has 1 radical (unpaired) electrons. The number of amides is 1. The van der Waals surface area contributed by atoms with Crippen LogP contribution in [0.25, 0.3) is 0 Å². The zero-order chi connectivity index (χ0) is 18.9. The van der Waals surface area contributed by atoms with Crippen LogP contribution < -0.4 is 7.45 Å². The van der Waals surface area contributed by atoms with Gasteiger partial charge in [0.1, 0.15) is 0 Å². The van der Waals surface area contributed by atoms with Crippen molar-refractivity contribution >= 4 is 37.9 Å². The summed E-state index contributed by atoms with van der Waals surface area (Å²) < 4.78 is 24.4. The van der Waals surface area contributed by atoms with Crippen molar-refractivity contribution in [2.24, 2.45) is 0 Å². The molecule has 0 aromatic heterocycles. The van der Waals surface area contributed by atoms with Gasteiger partial charge in [0.2, 0.25) is 0 Å². The topological polar surface area (TPSA) is 59.0 Å². The van der Waals surface area contributed by atoms with Crippen molar-refractivity contribution in [3.8, 4) is 11.5 Å². The maximum absolute atomic E-state index is 13.0. The molecule has 1 heterocycles. The van der Waals surface area contributed by atoms with Gasteiger partial charge in [-0.3, -0.25) is 0 Å². The maximum atomic E-state index is 13.0. The predicted molar refractivity (Wildman–Crippen MR) is 106 cm³/mol. The summed E-state index contributed by atoms with van der Waals surface area (Å²) in [4.78, 5) is 13.2. The molecule has 1 aliphatic rings. The fraction of sp³-hybridized carbons (Fsp3) is 0. The molecule has 0 saturated carbocycles. The van der Waals surface area contributed by atoms with Crippen molar-refractivity contribution in [2.75, 3.05) is 0 Å². The molecule has 7 heteroatoms. The molecular formula is C20H15AsNO4S. The van der Waals surface area contributed by atoms with Gasteiger partial charge in [0, 0.05) is 0 Å². The molecule has 0 bridgehead atoms. The second-order valence-corrected chi connectivity index (χ2v) is 9.82. The van der Waals surface area contributed by atoms with E-state index in [1.807, 2.05) is 12.1 Å². The van der Waals surface area contributed by atoms with E-state index >= 15 is 0 Å². The van der Waals surface area contributed by atoms with Crippen molar-refractivity contribution < 1.29 is 16.3 Å². The molecule has 1 N–H and O–H groups in total. The van der Waals surface area contributed by atoms with Crippen LogP contribution in [0.2, 0.25) is 0 Å². The van der Waals surface area contributed by atoms with Crippen molar-refractivity contribution in [3.63, 3.8) is 0 Å². The summed E-state index contributed by atoms with van der Waals surface area (Å²) >= 11 is 0.767. The van der Waals surface area contributed by atoms with Gasteiger partial charge in [-0.15, -0.1) is 0 Å². The third-order valence-electron chi connectivity index (χ3n) is 3.96. The van der Waals surface area contributed by atoms with E-state index in [9.17, 15) is 8.89 Å². The average Bonchev–Trinajstić information content (AvgIpc) is 2.95. The van der Waals surface area contributed by atoms with Crippen molar-refractivity contribution in [2.45, 2.75) is 0 Å². The number of hydrogen-bond acceptors (Lipinski definition) is 5. The Labute approximate surface area is 165 Å². The van der Waals surface area contributed by atoms with Gasteiger partial charge in [-0.1, -0.05) is 0 Å². The first-order valence-electron chi connectivity index (χ1n) is 8.18. The third-order valence-corrected chi connectivity index (χ3v) is 8.40. The first-order valence-corrected chi connectivity index (χ1v) is 11.8. The van der Waals surface area contributed by atoms with E-state index in [-0.39, 0.29) is 4.99 Å². The predicted octanol–water partition coefficient (Wildman–Crippen LogP) is 3.40. The number of thiocarbonyl (C=S) groups is 1. The number of hydrogen-bond donors (Lipinski definition) is 1. The van der Waals surface area contributed by atoms with Gasteiger partial charge in [0.25, 0.3) is 0 Å². The van der Waals surface area contributed by atoms with Crippen molar-refractivity contribution in [3.05, 3.63) is 96.1 Å². The quantitative estimate of drug-likeness (QED) is 0.487. The molecule has 0 spiro atoms. The molecule has 0 saturated heterocycles. The minimum absolute atomic E-state index is 0.206. The SMILES string of the molecule is O=C1c2ccccc2C(=S)N1[As](O)(Oc1ccccc1)Oc1ccccc1. The molecule has 0 aliphatic carbocycles. The molecule has 0 unspecified atom stereocenters. The molecule has 0 fully saturated rings. The van der Waals surface area contributed by atoms with Crippen LogP contribution in [0.5, 0.6) is 11.5 Å². The third kappa shape index (κ3) is 3.35.